The first-order valence-corrected chi connectivity index (χ1v) is 8.24. The van der Waals surface area contributed by atoms with Crippen molar-refractivity contribution in [2.75, 3.05) is 32.9 Å². The number of fused-ring (bicyclic) bond motifs is 3. The minimum Gasteiger partial charge on any atom is -1.00 e. The van der Waals surface area contributed by atoms with Gasteiger partial charge in [0.1, 0.15) is 12.2 Å². The average molecular weight is 355 g/mol. The summed E-state index contributed by atoms with van der Waals surface area (Å²) in [7, 11) is 0. The molecule has 0 saturated carbocycles. The van der Waals surface area contributed by atoms with E-state index in [1.165, 1.54) is 0 Å². The van der Waals surface area contributed by atoms with Crippen LogP contribution >= 0.6 is 11.6 Å². The molecule has 1 aromatic carbocycles. The number of pyridine rings is 1. The summed E-state index contributed by atoms with van der Waals surface area (Å²) >= 11 is 6.39. The molecule has 6 heteroatoms. The highest BCUT2D eigenvalue weighted by atomic mass is 35.5. The Morgan fingerprint density at radius 2 is 2.13 bits per heavy atom. The van der Waals surface area contributed by atoms with E-state index in [-0.39, 0.29) is 12.4 Å². The highest BCUT2D eigenvalue weighted by Gasteiger charge is 2.21. The number of benzene rings is 1. The SMILES string of the molecule is CCN(CC)CCN1COc2c(cc(Cl)c3cccnc23)C1.[Cl-]. The number of hydrogen-bond donors (Lipinski definition) is 0. The molecule has 1 aromatic heterocycles. The van der Waals surface area contributed by atoms with Crippen molar-refractivity contribution in [2.24, 2.45) is 0 Å². The van der Waals surface area contributed by atoms with Gasteiger partial charge in [0.05, 0.1) is 5.02 Å². The smallest absolute Gasteiger partial charge is 0.152 e. The normalized spacial score (nSPS) is 14.4. The van der Waals surface area contributed by atoms with Crippen molar-refractivity contribution >= 4 is 22.5 Å². The molecule has 0 radical (unpaired) electrons. The van der Waals surface area contributed by atoms with E-state index in [2.05, 4.69) is 28.6 Å². The number of likely N-dealkylation sites (N-methyl/N-ethyl adjacent to an activating group) is 1. The molecule has 0 amide bonds. The van der Waals surface area contributed by atoms with Crippen molar-refractivity contribution < 1.29 is 17.1 Å². The minimum absolute atomic E-state index is 0. The van der Waals surface area contributed by atoms with E-state index in [0.29, 0.717) is 6.73 Å². The molecule has 2 heterocycles. The Hall–Kier alpha value is -1.07. The summed E-state index contributed by atoms with van der Waals surface area (Å²) in [5.41, 5.74) is 2.00. The molecule has 0 saturated heterocycles. The van der Waals surface area contributed by atoms with Crippen LogP contribution in [0.5, 0.6) is 5.75 Å². The molecule has 0 unspecified atom stereocenters. The first kappa shape index (κ1) is 18.3. The van der Waals surface area contributed by atoms with Crippen molar-refractivity contribution in [3.63, 3.8) is 0 Å². The van der Waals surface area contributed by atoms with Crippen molar-refractivity contribution in [1.82, 2.24) is 14.8 Å². The van der Waals surface area contributed by atoms with Gasteiger partial charge in [-0.25, -0.2) is 0 Å². The lowest BCUT2D eigenvalue weighted by molar-refractivity contribution is -0.00000501. The average Bonchev–Trinajstić information content (AvgIpc) is 2.56. The number of nitrogens with zero attached hydrogens (tertiary/aromatic N) is 3. The van der Waals surface area contributed by atoms with Gasteiger partial charge in [-0.1, -0.05) is 25.4 Å². The standard InChI is InChI=1S/C17H22ClN3O.ClH/c1-3-20(4-2)8-9-21-11-13-10-15(18)14-6-5-7-19-16(14)17(13)22-12-21;/h5-7,10H,3-4,8-9,11-12H2,1-2H3;1H/p-1. The minimum atomic E-state index is 0. The van der Waals surface area contributed by atoms with Gasteiger partial charge in [-0.2, -0.15) is 0 Å². The van der Waals surface area contributed by atoms with Crippen LogP contribution in [0.15, 0.2) is 24.4 Å². The van der Waals surface area contributed by atoms with Gasteiger partial charge in [0.15, 0.2) is 5.75 Å². The van der Waals surface area contributed by atoms with Crippen molar-refractivity contribution in [2.45, 2.75) is 20.4 Å². The summed E-state index contributed by atoms with van der Waals surface area (Å²) in [4.78, 5) is 9.18. The van der Waals surface area contributed by atoms with Gasteiger partial charge >= 0.3 is 0 Å². The third kappa shape index (κ3) is 3.89. The fraction of sp³-hybridized carbons (Fsp3) is 0.471. The molecule has 3 rings (SSSR count). The van der Waals surface area contributed by atoms with Crippen molar-refractivity contribution in [3.8, 4) is 5.75 Å². The van der Waals surface area contributed by atoms with Crippen LogP contribution in [0.3, 0.4) is 0 Å². The molecule has 0 aliphatic carbocycles. The molecule has 0 spiro atoms. The fourth-order valence-electron chi connectivity index (χ4n) is 2.91. The predicted octanol–water partition coefficient (Wildman–Crippen LogP) is 0.386. The zero-order chi connectivity index (χ0) is 15.5. The molecule has 0 fully saturated rings. The van der Waals surface area contributed by atoms with Gasteiger partial charge in [0.2, 0.25) is 0 Å². The van der Waals surface area contributed by atoms with Gasteiger partial charge < -0.3 is 22.0 Å². The molecule has 23 heavy (non-hydrogen) atoms. The van der Waals surface area contributed by atoms with E-state index < -0.39 is 0 Å². The van der Waals surface area contributed by atoms with Gasteiger partial charge in [-0.3, -0.25) is 9.88 Å². The van der Waals surface area contributed by atoms with E-state index in [0.717, 1.165) is 60.0 Å². The highest BCUT2D eigenvalue weighted by molar-refractivity contribution is 6.35. The molecular formula is C17H22Cl2N3O-. The Bertz CT molecular complexity index is 662. The summed E-state index contributed by atoms with van der Waals surface area (Å²) in [6.07, 6.45) is 1.79. The molecule has 0 N–H and O–H groups in total. The van der Waals surface area contributed by atoms with Crippen LogP contribution in [-0.2, 0) is 6.54 Å². The van der Waals surface area contributed by atoms with Gasteiger partial charge in [-0.05, 0) is 31.3 Å². The zero-order valence-electron chi connectivity index (χ0n) is 13.6. The van der Waals surface area contributed by atoms with Crippen LogP contribution in [0.25, 0.3) is 10.9 Å². The Balaban J connectivity index is 0.00000192. The number of hydrogen-bond acceptors (Lipinski definition) is 4. The van der Waals surface area contributed by atoms with E-state index >= 15 is 0 Å². The highest BCUT2D eigenvalue weighted by Crippen LogP contribution is 2.36. The lowest BCUT2D eigenvalue weighted by Gasteiger charge is -2.31. The van der Waals surface area contributed by atoms with Crippen LogP contribution in [-0.4, -0.2) is 47.7 Å². The Labute approximate surface area is 148 Å². The second-order valence-corrected chi connectivity index (χ2v) is 6.01. The summed E-state index contributed by atoms with van der Waals surface area (Å²) in [6, 6.07) is 5.91. The van der Waals surface area contributed by atoms with Crippen LogP contribution in [0.4, 0.5) is 0 Å². The van der Waals surface area contributed by atoms with Crippen LogP contribution in [0.2, 0.25) is 5.02 Å². The van der Waals surface area contributed by atoms with Gasteiger partial charge in [0.25, 0.3) is 0 Å². The summed E-state index contributed by atoms with van der Waals surface area (Å²) < 4.78 is 5.99. The zero-order valence-corrected chi connectivity index (χ0v) is 15.1. The molecule has 126 valence electrons. The van der Waals surface area contributed by atoms with E-state index in [4.69, 9.17) is 16.3 Å². The predicted molar refractivity (Wildman–Crippen MR) is 90.4 cm³/mol. The number of rotatable bonds is 5. The van der Waals surface area contributed by atoms with Gasteiger partial charge in [-0.15, -0.1) is 0 Å². The second kappa shape index (κ2) is 8.15. The molecule has 4 nitrogen and oxygen atoms in total. The van der Waals surface area contributed by atoms with Crippen molar-refractivity contribution in [1.29, 1.82) is 0 Å². The molecule has 2 aromatic rings. The first-order valence-electron chi connectivity index (χ1n) is 7.86. The van der Waals surface area contributed by atoms with Crippen LogP contribution in [0.1, 0.15) is 19.4 Å². The fourth-order valence-corrected chi connectivity index (χ4v) is 3.20. The largest absolute Gasteiger partial charge is 1.00 e. The third-order valence-corrected chi connectivity index (χ3v) is 4.60. The molecule has 1 aliphatic heterocycles. The second-order valence-electron chi connectivity index (χ2n) is 5.60. The molecule has 0 bridgehead atoms. The monoisotopic (exact) mass is 354 g/mol. The summed E-state index contributed by atoms with van der Waals surface area (Å²) in [5.74, 6) is 0.888. The maximum atomic E-state index is 6.39. The topological polar surface area (TPSA) is 28.6 Å². The van der Waals surface area contributed by atoms with E-state index in [1.54, 1.807) is 6.20 Å². The Morgan fingerprint density at radius 3 is 2.87 bits per heavy atom. The number of halogens is 2. The third-order valence-electron chi connectivity index (χ3n) is 4.28. The molecule has 1 aliphatic rings. The number of ether oxygens (including phenoxy) is 1. The maximum absolute atomic E-state index is 6.39. The maximum Gasteiger partial charge on any atom is 0.152 e. The Kier molecular flexibility index (Phi) is 6.48. The molecule has 0 atom stereocenters. The Morgan fingerprint density at radius 1 is 1.35 bits per heavy atom. The lowest BCUT2D eigenvalue weighted by Crippen LogP contribution is -3.00. The van der Waals surface area contributed by atoms with E-state index in [9.17, 15) is 0 Å². The summed E-state index contributed by atoms with van der Waals surface area (Å²) in [5, 5.41) is 1.70. The van der Waals surface area contributed by atoms with Crippen LogP contribution in [0, 0.1) is 0 Å². The number of aromatic nitrogens is 1. The van der Waals surface area contributed by atoms with Crippen molar-refractivity contribution in [3.05, 3.63) is 35.0 Å². The van der Waals surface area contributed by atoms with E-state index in [1.807, 2.05) is 18.2 Å². The quantitative estimate of drug-likeness (QED) is 0.776. The first-order chi connectivity index (χ1) is 10.7. The summed E-state index contributed by atoms with van der Waals surface area (Å²) in [6.45, 7) is 10.1. The molecular weight excluding hydrogens is 333 g/mol. The lowest BCUT2D eigenvalue weighted by atomic mass is 10.1. The van der Waals surface area contributed by atoms with Gasteiger partial charge in [0, 0.05) is 36.8 Å². The van der Waals surface area contributed by atoms with Crippen LogP contribution < -0.4 is 17.1 Å².